The van der Waals surface area contributed by atoms with E-state index in [9.17, 15) is 13.6 Å². The van der Waals surface area contributed by atoms with Gasteiger partial charge in [-0.2, -0.15) is 0 Å². The van der Waals surface area contributed by atoms with Gasteiger partial charge in [-0.25, -0.2) is 18.6 Å². The van der Waals surface area contributed by atoms with Crippen molar-refractivity contribution in [1.29, 1.82) is 0 Å². The van der Waals surface area contributed by atoms with Crippen molar-refractivity contribution in [1.82, 2.24) is 4.98 Å². The van der Waals surface area contributed by atoms with E-state index in [1.807, 2.05) is 13.8 Å². The predicted molar refractivity (Wildman–Crippen MR) is 62.4 cm³/mol. The maximum absolute atomic E-state index is 12.2. The van der Waals surface area contributed by atoms with Crippen molar-refractivity contribution in [3.8, 4) is 0 Å². The fraction of sp³-hybridized carbons (Fsp3) is 0.600. The first-order chi connectivity index (χ1) is 7.82. The van der Waals surface area contributed by atoms with Gasteiger partial charge in [0.25, 0.3) is 6.43 Å². The van der Waals surface area contributed by atoms with E-state index in [0.29, 0.717) is 10.8 Å². The molecule has 0 fully saturated rings. The van der Waals surface area contributed by atoms with Gasteiger partial charge in [0.2, 0.25) is 0 Å². The Balaban J connectivity index is 3.03. The molecule has 96 valence electrons. The summed E-state index contributed by atoms with van der Waals surface area (Å²) in [4.78, 5) is 16.5. The van der Waals surface area contributed by atoms with Gasteiger partial charge < -0.3 is 10.0 Å². The number of carbonyl (C=O) groups is 1. The number of nitrogens with zero attached hydrogens (tertiary/aromatic N) is 2. The quantitative estimate of drug-likeness (QED) is 0.888. The Morgan fingerprint density at radius 2 is 2.12 bits per heavy atom. The van der Waals surface area contributed by atoms with Crippen molar-refractivity contribution in [3.63, 3.8) is 0 Å². The number of rotatable bonds is 5. The lowest BCUT2D eigenvalue weighted by Gasteiger charge is -2.14. The van der Waals surface area contributed by atoms with E-state index in [1.54, 1.807) is 0 Å². The Kier molecular flexibility index (Phi) is 4.39. The van der Waals surface area contributed by atoms with E-state index in [-0.39, 0.29) is 10.8 Å². The third-order valence-electron chi connectivity index (χ3n) is 2.12. The standard InChI is InChI=1S/C10H14F2N2O2S/c1-5(2)7-8(9(15)16)17-10(13-7)14(3)4-6(11)12/h5-6H,4H2,1-3H3,(H,15,16). The molecule has 0 atom stereocenters. The largest absolute Gasteiger partial charge is 0.477 e. The average molecular weight is 264 g/mol. The third-order valence-corrected chi connectivity index (χ3v) is 3.30. The normalized spacial score (nSPS) is 11.2. The summed E-state index contributed by atoms with van der Waals surface area (Å²) in [6, 6.07) is 0. The molecule has 1 N–H and O–H groups in total. The minimum atomic E-state index is -2.47. The molecule has 1 aromatic heterocycles. The van der Waals surface area contributed by atoms with Crippen LogP contribution in [0.4, 0.5) is 13.9 Å². The molecule has 0 aliphatic carbocycles. The molecule has 0 saturated carbocycles. The van der Waals surface area contributed by atoms with Crippen LogP contribution in [0.15, 0.2) is 0 Å². The molecule has 1 aromatic rings. The molecule has 0 saturated heterocycles. The van der Waals surface area contributed by atoms with E-state index >= 15 is 0 Å². The second-order valence-electron chi connectivity index (χ2n) is 3.94. The molecule has 0 amide bonds. The maximum atomic E-state index is 12.2. The second kappa shape index (κ2) is 5.39. The molecule has 0 aliphatic heterocycles. The zero-order valence-electron chi connectivity index (χ0n) is 9.78. The lowest BCUT2D eigenvalue weighted by molar-refractivity contribution is 0.0700. The SMILES string of the molecule is CC(C)c1nc(N(C)CC(F)F)sc1C(=O)O. The van der Waals surface area contributed by atoms with Gasteiger partial charge in [0.05, 0.1) is 12.2 Å². The number of thiazole rings is 1. The van der Waals surface area contributed by atoms with Crippen molar-refractivity contribution < 1.29 is 18.7 Å². The Morgan fingerprint density at radius 1 is 1.53 bits per heavy atom. The van der Waals surface area contributed by atoms with Crippen LogP contribution in [0.2, 0.25) is 0 Å². The van der Waals surface area contributed by atoms with Crippen LogP contribution in [0, 0.1) is 0 Å². The number of aromatic carboxylic acids is 1. The molecule has 0 aromatic carbocycles. The molecule has 0 spiro atoms. The first-order valence-corrected chi connectivity index (χ1v) is 5.87. The van der Waals surface area contributed by atoms with Crippen LogP contribution >= 0.6 is 11.3 Å². The summed E-state index contributed by atoms with van der Waals surface area (Å²) >= 11 is 0.928. The number of halogens is 2. The topological polar surface area (TPSA) is 53.4 Å². The van der Waals surface area contributed by atoms with Gasteiger partial charge in [-0.05, 0) is 5.92 Å². The van der Waals surface area contributed by atoms with Crippen LogP contribution in [-0.4, -0.2) is 36.1 Å². The monoisotopic (exact) mass is 264 g/mol. The third kappa shape index (κ3) is 3.36. The Morgan fingerprint density at radius 3 is 2.47 bits per heavy atom. The maximum Gasteiger partial charge on any atom is 0.347 e. The molecular formula is C10H14F2N2O2S. The highest BCUT2D eigenvalue weighted by atomic mass is 32.1. The van der Waals surface area contributed by atoms with E-state index in [1.165, 1.54) is 11.9 Å². The van der Waals surface area contributed by atoms with Crippen LogP contribution in [0.25, 0.3) is 0 Å². The molecule has 0 unspecified atom stereocenters. The number of hydrogen-bond donors (Lipinski definition) is 1. The number of alkyl halides is 2. The number of hydrogen-bond acceptors (Lipinski definition) is 4. The average Bonchev–Trinajstić information content (AvgIpc) is 2.60. The molecule has 17 heavy (non-hydrogen) atoms. The van der Waals surface area contributed by atoms with E-state index in [4.69, 9.17) is 5.11 Å². The van der Waals surface area contributed by atoms with Crippen molar-refractivity contribution >= 4 is 22.4 Å². The molecule has 4 nitrogen and oxygen atoms in total. The lowest BCUT2D eigenvalue weighted by Crippen LogP contribution is -2.23. The number of carboxylic acids is 1. The highest BCUT2D eigenvalue weighted by Gasteiger charge is 2.22. The first-order valence-electron chi connectivity index (χ1n) is 5.06. The summed E-state index contributed by atoms with van der Waals surface area (Å²) < 4.78 is 24.4. The highest BCUT2D eigenvalue weighted by molar-refractivity contribution is 7.17. The van der Waals surface area contributed by atoms with Gasteiger partial charge in [-0.1, -0.05) is 25.2 Å². The van der Waals surface area contributed by atoms with Crippen LogP contribution in [0.1, 0.15) is 35.1 Å². The fourth-order valence-electron chi connectivity index (χ4n) is 1.31. The Labute approximate surface area is 102 Å². The zero-order valence-corrected chi connectivity index (χ0v) is 10.6. The van der Waals surface area contributed by atoms with Crippen LogP contribution in [0.5, 0.6) is 0 Å². The van der Waals surface area contributed by atoms with Crippen LogP contribution < -0.4 is 4.90 Å². The molecule has 1 rings (SSSR count). The Hall–Kier alpha value is -1.24. The number of anilines is 1. The molecule has 1 heterocycles. The summed E-state index contributed by atoms with van der Waals surface area (Å²) in [5.41, 5.74) is 0.443. The van der Waals surface area contributed by atoms with Crippen LogP contribution in [0.3, 0.4) is 0 Å². The summed E-state index contributed by atoms with van der Waals surface area (Å²) in [7, 11) is 1.47. The predicted octanol–water partition coefficient (Wildman–Crippen LogP) is 2.67. The minimum Gasteiger partial charge on any atom is -0.477 e. The lowest BCUT2D eigenvalue weighted by atomic mass is 10.1. The van der Waals surface area contributed by atoms with Gasteiger partial charge in [-0.3, -0.25) is 0 Å². The van der Waals surface area contributed by atoms with Gasteiger partial charge >= 0.3 is 5.97 Å². The molecule has 7 heteroatoms. The van der Waals surface area contributed by atoms with Crippen LogP contribution in [-0.2, 0) is 0 Å². The second-order valence-corrected chi connectivity index (χ2v) is 4.92. The van der Waals surface area contributed by atoms with Crippen molar-refractivity contribution in [3.05, 3.63) is 10.6 Å². The first kappa shape index (κ1) is 13.8. The van der Waals surface area contributed by atoms with Gasteiger partial charge in [0, 0.05) is 7.05 Å². The fourth-order valence-corrected chi connectivity index (χ4v) is 2.34. The summed E-state index contributed by atoms with van der Waals surface area (Å²) in [6.07, 6.45) is -2.47. The van der Waals surface area contributed by atoms with E-state index < -0.39 is 18.9 Å². The Bertz CT molecular complexity index is 407. The summed E-state index contributed by atoms with van der Waals surface area (Å²) in [6.45, 7) is 3.18. The number of carboxylic acid groups (broad SMARTS) is 1. The summed E-state index contributed by atoms with van der Waals surface area (Å²) in [5, 5.41) is 9.31. The van der Waals surface area contributed by atoms with E-state index in [0.717, 1.165) is 11.3 Å². The van der Waals surface area contributed by atoms with Gasteiger partial charge in [0.15, 0.2) is 5.13 Å². The molecule has 0 aliphatic rings. The molecule has 0 bridgehead atoms. The minimum absolute atomic E-state index is 0.0500. The number of aromatic nitrogens is 1. The van der Waals surface area contributed by atoms with Crippen molar-refractivity contribution in [2.24, 2.45) is 0 Å². The molecular weight excluding hydrogens is 250 g/mol. The van der Waals surface area contributed by atoms with Crippen molar-refractivity contribution in [2.75, 3.05) is 18.5 Å². The molecule has 0 radical (unpaired) electrons. The smallest absolute Gasteiger partial charge is 0.347 e. The summed E-state index contributed by atoms with van der Waals surface area (Å²) in [5.74, 6) is -1.12. The zero-order chi connectivity index (χ0) is 13.2. The van der Waals surface area contributed by atoms with Crippen molar-refractivity contribution in [2.45, 2.75) is 26.2 Å². The van der Waals surface area contributed by atoms with Gasteiger partial charge in [-0.15, -0.1) is 0 Å². The highest BCUT2D eigenvalue weighted by Crippen LogP contribution is 2.30. The van der Waals surface area contributed by atoms with E-state index in [2.05, 4.69) is 4.98 Å². The van der Waals surface area contributed by atoms with Gasteiger partial charge in [0.1, 0.15) is 4.88 Å².